The van der Waals surface area contributed by atoms with E-state index < -0.39 is 0 Å². The van der Waals surface area contributed by atoms with Crippen molar-refractivity contribution in [3.63, 3.8) is 0 Å². The topological polar surface area (TPSA) is 55.1 Å². The maximum atomic E-state index is 10.0. The smallest absolute Gasteiger partial charge is 0.155 e. The number of ketones is 1. The van der Waals surface area contributed by atoms with Gasteiger partial charge in [0, 0.05) is 48.6 Å². The number of carbonyl (C=O) groups is 1. The predicted molar refractivity (Wildman–Crippen MR) is 185 cm³/mol. The van der Waals surface area contributed by atoms with Crippen LogP contribution < -0.4 is 0 Å². The molecule has 8 rings (SSSR count). The Kier molecular flexibility index (Phi) is 8.24. The van der Waals surface area contributed by atoms with Crippen LogP contribution in [-0.4, -0.2) is 20.4 Å². The Morgan fingerprint density at radius 1 is 0.804 bits per heavy atom. The van der Waals surface area contributed by atoms with E-state index in [2.05, 4.69) is 128 Å². The van der Waals surface area contributed by atoms with Crippen LogP contribution in [-0.2, 0) is 30.3 Å². The first-order chi connectivity index (χ1) is 21.7. The van der Waals surface area contributed by atoms with Crippen LogP contribution in [0.25, 0.3) is 60.6 Å². The van der Waals surface area contributed by atoms with Crippen molar-refractivity contribution in [1.82, 2.24) is 9.55 Å². The molecule has 7 aromatic rings. The van der Waals surface area contributed by atoms with Crippen LogP contribution in [0, 0.1) is 6.07 Å². The molecule has 0 saturated heterocycles. The van der Waals surface area contributed by atoms with Gasteiger partial charge in [0.15, 0.2) is 5.78 Å². The fraction of sp³-hybridized carbons (Fsp3) is 0.122. The molecule has 229 valence electrons. The van der Waals surface area contributed by atoms with Crippen molar-refractivity contribution in [2.45, 2.75) is 33.1 Å². The van der Waals surface area contributed by atoms with Crippen LogP contribution >= 0.6 is 0 Å². The molecular formula is C41H33IrN2O2-. The Morgan fingerprint density at radius 2 is 1.52 bits per heavy atom. The summed E-state index contributed by atoms with van der Waals surface area (Å²) >= 11 is 0. The SMILES string of the molecule is CC(=O)C=C(C)O.CC1(C)c2ccccc2-n2c3ccc(-c4cc[c-]c(-c5nccc6ccccc56)c4)cc3c3cccc1c32.[Ir]. The molecule has 0 atom stereocenters. The zero-order valence-electron chi connectivity index (χ0n) is 26.1. The second kappa shape index (κ2) is 12.2. The van der Waals surface area contributed by atoms with E-state index in [1.165, 1.54) is 75.1 Å². The minimum Gasteiger partial charge on any atom is -0.512 e. The molecule has 0 unspecified atom stereocenters. The molecule has 5 aromatic carbocycles. The summed E-state index contributed by atoms with van der Waals surface area (Å²) in [4.78, 5) is 14.8. The molecule has 5 heteroatoms. The van der Waals surface area contributed by atoms with E-state index in [-0.39, 0.29) is 37.1 Å². The molecule has 3 heterocycles. The van der Waals surface area contributed by atoms with Crippen molar-refractivity contribution in [3.8, 4) is 28.1 Å². The zero-order valence-corrected chi connectivity index (χ0v) is 28.5. The summed E-state index contributed by atoms with van der Waals surface area (Å²) in [6, 6.07) is 42.8. The van der Waals surface area contributed by atoms with Gasteiger partial charge in [0.05, 0.1) is 22.5 Å². The van der Waals surface area contributed by atoms with E-state index in [1.54, 1.807) is 0 Å². The summed E-state index contributed by atoms with van der Waals surface area (Å²) in [5.41, 5.74) is 10.9. The van der Waals surface area contributed by atoms with Gasteiger partial charge in [-0.15, -0.1) is 35.4 Å². The van der Waals surface area contributed by atoms with E-state index in [4.69, 9.17) is 10.1 Å². The number of fused-ring (bicyclic) bond motifs is 6. The quantitative estimate of drug-likeness (QED) is 0.110. The molecule has 1 radical (unpaired) electrons. The second-order valence-corrected chi connectivity index (χ2v) is 12.2. The van der Waals surface area contributed by atoms with Crippen LogP contribution in [0.2, 0.25) is 0 Å². The molecule has 46 heavy (non-hydrogen) atoms. The molecule has 1 N–H and O–H groups in total. The first-order valence-corrected chi connectivity index (χ1v) is 15.2. The summed E-state index contributed by atoms with van der Waals surface area (Å²) < 4.78 is 2.47. The van der Waals surface area contributed by atoms with Crippen molar-refractivity contribution in [3.05, 3.63) is 144 Å². The van der Waals surface area contributed by atoms with Gasteiger partial charge in [-0.2, -0.15) is 0 Å². The third-order valence-electron chi connectivity index (χ3n) is 8.75. The van der Waals surface area contributed by atoms with Gasteiger partial charge in [-0.05, 0) is 71.3 Å². The normalized spacial score (nSPS) is 13.1. The molecule has 0 fully saturated rings. The number of pyridine rings is 1. The molecule has 4 nitrogen and oxygen atoms in total. The number of hydrogen-bond acceptors (Lipinski definition) is 3. The van der Waals surface area contributed by atoms with E-state index >= 15 is 0 Å². The number of aliphatic hydroxyl groups excluding tert-OH is 1. The number of para-hydroxylation sites is 2. The summed E-state index contributed by atoms with van der Waals surface area (Å²) in [6.45, 7) is 7.54. The van der Waals surface area contributed by atoms with E-state index in [0.717, 1.165) is 16.6 Å². The zero-order chi connectivity index (χ0) is 31.3. The van der Waals surface area contributed by atoms with Gasteiger partial charge in [-0.1, -0.05) is 80.6 Å². The first kappa shape index (κ1) is 31.2. The molecule has 0 amide bonds. The van der Waals surface area contributed by atoms with Gasteiger partial charge in [0.25, 0.3) is 0 Å². The van der Waals surface area contributed by atoms with E-state index in [9.17, 15) is 4.79 Å². The van der Waals surface area contributed by atoms with Crippen LogP contribution in [0.4, 0.5) is 0 Å². The number of hydrogen-bond donors (Lipinski definition) is 1. The van der Waals surface area contributed by atoms with Gasteiger partial charge < -0.3 is 14.7 Å². The van der Waals surface area contributed by atoms with Gasteiger partial charge in [-0.25, -0.2) is 0 Å². The molecular weight excluding hydrogens is 745 g/mol. The average Bonchev–Trinajstić information content (AvgIpc) is 3.37. The summed E-state index contributed by atoms with van der Waals surface area (Å²) in [6.07, 6.45) is 3.05. The van der Waals surface area contributed by atoms with Crippen LogP contribution in [0.15, 0.2) is 127 Å². The molecule has 1 aliphatic rings. The number of benzene rings is 5. The number of rotatable bonds is 3. The van der Waals surface area contributed by atoms with Crippen molar-refractivity contribution in [2.24, 2.45) is 0 Å². The van der Waals surface area contributed by atoms with E-state index in [0.29, 0.717) is 0 Å². The van der Waals surface area contributed by atoms with Crippen molar-refractivity contribution in [1.29, 1.82) is 0 Å². The monoisotopic (exact) mass is 778 g/mol. The average molecular weight is 778 g/mol. The fourth-order valence-corrected chi connectivity index (χ4v) is 6.76. The molecule has 0 aliphatic carbocycles. The Bertz CT molecular complexity index is 2300. The van der Waals surface area contributed by atoms with Gasteiger partial charge in [0.2, 0.25) is 0 Å². The largest absolute Gasteiger partial charge is 0.512 e. The summed E-state index contributed by atoms with van der Waals surface area (Å²) in [5, 5.41) is 13.3. The maximum Gasteiger partial charge on any atom is 0.155 e. The second-order valence-electron chi connectivity index (χ2n) is 12.2. The van der Waals surface area contributed by atoms with Crippen LogP contribution in [0.3, 0.4) is 0 Å². The Labute approximate surface area is 282 Å². The molecule has 0 bridgehead atoms. The maximum absolute atomic E-state index is 10.0. The first-order valence-electron chi connectivity index (χ1n) is 15.2. The molecule has 0 spiro atoms. The van der Waals surface area contributed by atoms with Gasteiger partial charge >= 0.3 is 0 Å². The number of aliphatic hydroxyl groups is 1. The van der Waals surface area contributed by atoms with Crippen molar-refractivity contribution >= 4 is 38.4 Å². The van der Waals surface area contributed by atoms with Gasteiger partial charge in [0.1, 0.15) is 0 Å². The van der Waals surface area contributed by atoms with E-state index in [1.807, 2.05) is 12.3 Å². The Morgan fingerprint density at radius 3 is 2.30 bits per heavy atom. The number of allylic oxidation sites excluding steroid dienone is 2. The summed E-state index contributed by atoms with van der Waals surface area (Å²) in [7, 11) is 0. The number of aromatic nitrogens is 2. The Hall–Kier alpha value is -4.83. The minimum atomic E-state index is -0.125. The predicted octanol–water partition coefficient (Wildman–Crippen LogP) is 10.1. The number of carbonyl (C=O) groups excluding carboxylic acids is 1. The standard InChI is InChI=1S/C36H25N2.C5H8O2.Ir/c1-36(2)30-14-5-6-16-33(30)38-32-18-17-25(22-29(32)28-13-8-15-31(36)35(28)38)24-10-7-11-26(21-24)34-27-12-4-3-9-23(27)19-20-37-34;1-4(6)3-5(2)7;/h3-10,12-22H,1-2H3;3,6H,1-2H3;/q-1;;. The van der Waals surface area contributed by atoms with Crippen LogP contribution in [0.1, 0.15) is 38.8 Å². The Balaban J connectivity index is 0.000000421. The van der Waals surface area contributed by atoms with Crippen molar-refractivity contribution < 1.29 is 30.0 Å². The fourth-order valence-electron chi connectivity index (χ4n) is 6.76. The number of nitrogens with zero attached hydrogens (tertiary/aromatic N) is 2. The third-order valence-corrected chi connectivity index (χ3v) is 8.75. The third kappa shape index (κ3) is 5.26. The van der Waals surface area contributed by atoms with Crippen molar-refractivity contribution in [2.75, 3.05) is 0 Å². The molecule has 1 aliphatic heterocycles. The van der Waals surface area contributed by atoms with Gasteiger partial charge in [-0.3, -0.25) is 4.79 Å². The van der Waals surface area contributed by atoms with Crippen LogP contribution in [0.5, 0.6) is 0 Å². The molecule has 0 saturated carbocycles. The minimum absolute atomic E-state index is 0. The molecule has 2 aromatic heterocycles. The summed E-state index contributed by atoms with van der Waals surface area (Å²) in [5.74, 6) is -0.0625.